The Kier molecular flexibility index (Phi) is 5.09. The zero-order valence-corrected chi connectivity index (χ0v) is 12.4. The second-order valence-corrected chi connectivity index (χ2v) is 6.44. The summed E-state index contributed by atoms with van der Waals surface area (Å²) in [5, 5.41) is 0. The van der Waals surface area contributed by atoms with Crippen LogP contribution >= 0.6 is 18.8 Å². The van der Waals surface area contributed by atoms with Crippen molar-refractivity contribution in [2.45, 2.75) is 0 Å². The van der Waals surface area contributed by atoms with Gasteiger partial charge in [0.1, 0.15) is 0 Å². The Morgan fingerprint density at radius 3 is 2.53 bits per heavy atom. The van der Waals surface area contributed by atoms with E-state index in [4.69, 9.17) is 24.6 Å². The monoisotopic (exact) mass is 496 g/mol. The van der Waals surface area contributed by atoms with Gasteiger partial charge in [0.25, 0.3) is 0 Å². The minimum absolute atomic E-state index is 0.0998. The number of aromatic amines is 3. The molecule has 0 bridgehead atoms. The topological polar surface area (TPSA) is 103 Å². The average Bonchev–Trinajstić information content (AvgIpc) is 2.47. The van der Waals surface area contributed by atoms with Gasteiger partial charge in [0.2, 0.25) is 0 Å². The molecule has 0 unspecified atom stereocenters. The van der Waals surface area contributed by atoms with Crippen LogP contribution in [0.2, 0.25) is 0 Å². The standard InChI is InChI=1S/C5H5N5OSe.2ClH.Pt/c6-4-8-2-1(3(11)10-4)7-5(12)9-2;;;/h(H5,6,7,8,9,10,11,12);2*1H;/q;;;+2/p-2. The molecule has 0 amide bonds. The number of nitrogens with one attached hydrogen (secondary N) is 3. The van der Waals surface area contributed by atoms with Crippen LogP contribution in [0.5, 0.6) is 0 Å². The number of halogens is 2. The van der Waals surface area contributed by atoms with Crippen LogP contribution in [0, 0.1) is 4.32 Å². The van der Waals surface area contributed by atoms with Crippen molar-refractivity contribution in [3.05, 3.63) is 14.7 Å². The zero-order chi connectivity index (χ0) is 11.4. The van der Waals surface area contributed by atoms with Crippen molar-refractivity contribution in [1.29, 1.82) is 0 Å². The first-order valence-electron chi connectivity index (χ1n) is 3.38. The third-order valence-electron chi connectivity index (χ3n) is 1.41. The van der Waals surface area contributed by atoms with Gasteiger partial charge in [0.05, 0.1) is 0 Å². The van der Waals surface area contributed by atoms with E-state index in [0.717, 1.165) is 0 Å². The van der Waals surface area contributed by atoms with Gasteiger partial charge in [0.15, 0.2) is 0 Å². The van der Waals surface area contributed by atoms with Gasteiger partial charge < -0.3 is 0 Å². The van der Waals surface area contributed by atoms with Gasteiger partial charge in [-0.1, -0.05) is 0 Å². The predicted molar refractivity (Wildman–Crippen MR) is 56.2 cm³/mol. The molecule has 6 nitrogen and oxygen atoms in total. The molecule has 0 fully saturated rings. The Hall–Kier alpha value is -0.0622. The third kappa shape index (κ3) is 3.47. The summed E-state index contributed by atoms with van der Waals surface area (Å²) in [4.78, 5) is 23.0. The summed E-state index contributed by atoms with van der Waals surface area (Å²) in [5.74, 6) is 0.0998. The van der Waals surface area contributed by atoms with Crippen LogP contribution in [-0.2, 0) is 16.5 Å². The molecule has 2 heterocycles. The summed E-state index contributed by atoms with van der Waals surface area (Å²) < 4.78 is 0.647. The number of nitrogens with zero attached hydrogens (tertiary/aromatic N) is 1. The zero-order valence-electron chi connectivity index (χ0n) is 6.91. The number of rotatable bonds is 0. The molecule has 0 aliphatic heterocycles. The predicted octanol–water partition coefficient (Wildman–Crippen LogP) is 0.238. The van der Waals surface area contributed by atoms with E-state index in [-0.39, 0.29) is 11.5 Å². The molecular formula is C5H5Cl2N5OPtSe. The molecule has 0 atom stereocenters. The van der Waals surface area contributed by atoms with Gasteiger partial charge in [-0.25, -0.2) is 0 Å². The molecule has 10 heteroatoms. The fourth-order valence-corrected chi connectivity index (χ4v) is 1.37. The number of nitrogens with two attached hydrogens (primary N) is 1. The normalized spacial score (nSPS) is 10.0. The molecule has 5 N–H and O–H groups in total. The Labute approximate surface area is 108 Å². The van der Waals surface area contributed by atoms with Crippen LogP contribution in [0.1, 0.15) is 0 Å². The number of hydrogen-bond donors (Lipinski definition) is 4. The summed E-state index contributed by atoms with van der Waals surface area (Å²) in [6.45, 7) is 0. The van der Waals surface area contributed by atoms with Gasteiger partial charge in [-0.2, -0.15) is 0 Å². The fourth-order valence-electron chi connectivity index (χ4n) is 0.949. The second kappa shape index (κ2) is 5.87. The molecule has 15 heavy (non-hydrogen) atoms. The van der Waals surface area contributed by atoms with Crippen molar-refractivity contribution in [2.75, 3.05) is 5.73 Å². The van der Waals surface area contributed by atoms with Crippen molar-refractivity contribution >= 4 is 51.5 Å². The molecule has 0 aliphatic rings. The summed E-state index contributed by atoms with van der Waals surface area (Å²) in [7, 11) is 9.75. The van der Waals surface area contributed by atoms with Crippen molar-refractivity contribution in [1.82, 2.24) is 19.9 Å². The van der Waals surface area contributed by atoms with E-state index in [0.29, 0.717) is 15.5 Å². The molecule has 0 spiro atoms. The van der Waals surface area contributed by atoms with Crippen LogP contribution < -0.4 is 11.3 Å². The molecule has 2 rings (SSSR count). The van der Waals surface area contributed by atoms with Crippen molar-refractivity contribution in [3.8, 4) is 0 Å². The number of anilines is 1. The van der Waals surface area contributed by atoms with Crippen molar-refractivity contribution in [2.24, 2.45) is 0 Å². The molecule has 2 aromatic rings. The van der Waals surface area contributed by atoms with E-state index < -0.39 is 16.5 Å². The third-order valence-corrected chi connectivity index (χ3v) is 1.84. The van der Waals surface area contributed by atoms with E-state index in [1.807, 2.05) is 0 Å². The SMILES string of the molecule is Nc1nc2[nH]c(=[Se])[nH]c2c(=O)[nH]1.[Cl][Pt][Cl]. The Morgan fingerprint density at radius 2 is 1.93 bits per heavy atom. The average molecular weight is 496 g/mol. The first-order chi connectivity index (χ1) is 7.08. The molecule has 0 aromatic carbocycles. The van der Waals surface area contributed by atoms with E-state index in [9.17, 15) is 4.79 Å². The van der Waals surface area contributed by atoms with Gasteiger partial charge in [0, 0.05) is 0 Å². The van der Waals surface area contributed by atoms with Crippen molar-refractivity contribution in [3.63, 3.8) is 0 Å². The van der Waals surface area contributed by atoms with Crippen LogP contribution in [0.25, 0.3) is 11.2 Å². The molecule has 2 aromatic heterocycles. The van der Waals surface area contributed by atoms with E-state index in [1.54, 1.807) is 0 Å². The molecule has 0 saturated carbocycles. The van der Waals surface area contributed by atoms with Gasteiger partial charge >= 0.3 is 108 Å². The molecule has 0 saturated heterocycles. The summed E-state index contributed by atoms with van der Waals surface area (Å²) in [5.41, 5.74) is 5.88. The number of hydrogen-bond acceptors (Lipinski definition) is 3. The van der Waals surface area contributed by atoms with Gasteiger partial charge in [-0.05, 0) is 0 Å². The molecule has 0 aliphatic carbocycles. The fraction of sp³-hybridized carbons (Fsp3) is 0. The molecule has 0 radical (unpaired) electrons. The number of imidazole rings is 1. The van der Waals surface area contributed by atoms with Crippen LogP contribution in [0.15, 0.2) is 4.79 Å². The second-order valence-electron chi connectivity index (χ2n) is 2.30. The molecular weight excluding hydrogens is 491 g/mol. The summed E-state index contributed by atoms with van der Waals surface area (Å²) in [6, 6.07) is 0. The Bertz CT molecular complexity index is 562. The number of H-pyrrole nitrogens is 3. The summed E-state index contributed by atoms with van der Waals surface area (Å²) >= 11 is 2.22. The first-order valence-corrected chi connectivity index (χ1v) is 9.87. The van der Waals surface area contributed by atoms with E-state index >= 15 is 0 Å². The minimum atomic E-state index is -0.472. The maximum absolute atomic E-state index is 11.2. The van der Waals surface area contributed by atoms with E-state index in [1.165, 1.54) is 0 Å². The Morgan fingerprint density at radius 1 is 1.33 bits per heavy atom. The van der Waals surface area contributed by atoms with Crippen LogP contribution in [0.4, 0.5) is 5.95 Å². The Balaban J connectivity index is 0.000000337. The maximum atomic E-state index is 11.2. The van der Waals surface area contributed by atoms with Gasteiger partial charge in [-0.3, -0.25) is 0 Å². The number of aromatic nitrogens is 4. The van der Waals surface area contributed by atoms with Crippen LogP contribution in [0.3, 0.4) is 0 Å². The molecule has 86 valence electrons. The number of nitrogen functional groups attached to an aromatic ring is 1. The summed E-state index contributed by atoms with van der Waals surface area (Å²) in [6.07, 6.45) is 0. The quantitative estimate of drug-likeness (QED) is 0.394. The van der Waals surface area contributed by atoms with Crippen molar-refractivity contribution < 1.29 is 16.5 Å². The van der Waals surface area contributed by atoms with E-state index in [2.05, 4.69) is 35.5 Å². The first kappa shape index (κ1) is 13.0. The number of fused-ring (bicyclic) bond motifs is 1. The van der Waals surface area contributed by atoms with Crippen LogP contribution in [-0.4, -0.2) is 35.5 Å². The van der Waals surface area contributed by atoms with Gasteiger partial charge in [-0.15, -0.1) is 0 Å².